The van der Waals surface area contributed by atoms with Gasteiger partial charge in [-0.2, -0.15) is 0 Å². The quantitative estimate of drug-likeness (QED) is 0.633. The molecule has 0 spiro atoms. The minimum absolute atomic E-state index is 0.00752. The van der Waals surface area contributed by atoms with Gasteiger partial charge in [-0.05, 0) is 64.8 Å². The fourth-order valence-corrected chi connectivity index (χ4v) is 2.79. The van der Waals surface area contributed by atoms with E-state index in [1.54, 1.807) is 18.2 Å². The Labute approximate surface area is 122 Å². The standard InChI is InChI=1S/C14H11Br2NO/c1-8-6-9(15)2-4-11(8)14(18)12-5-3-10(17)7-13(12)16/h2-7H,17H2,1H3. The Morgan fingerprint density at radius 3 is 2.33 bits per heavy atom. The number of nitrogens with two attached hydrogens (primary N) is 1. The Morgan fingerprint density at radius 2 is 1.72 bits per heavy atom. The largest absolute Gasteiger partial charge is 0.399 e. The van der Waals surface area contributed by atoms with E-state index in [4.69, 9.17) is 5.73 Å². The molecule has 4 heteroatoms. The number of halogens is 2. The third kappa shape index (κ3) is 2.65. The topological polar surface area (TPSA) is 43.1 Å². The summed E-state index contributed by atoms with van der Waals surface area (Å²) in [5, 5.41) is 0. The zero-order valence-corrected chi connectivity index (χ0v) is 12.9. The highest BCUT2D eigenvalue weighted by atomic mass is 79.9. The average molecular weight is 369 g/mol. The van der Waals surface area contributed by atoms with E-state index in [1.807, 2.05) is 25.1 Å². The number of rotatable bonds is 2. The highest BCUT2D eigenvalue weighted by molar-refractivity contribution is 9.10. The fraction of sp³-hybridized carbons (Fsp3) is 0.0714. The van der Waals surface area contributed by atoms with Crippen LogP contribution >= 0.6 is 31.9 Å². The van der Waals surface area contributed by atoms with E-state index in [0.717, 1.165) is 14.5 Å². The minimum Gasteiger partial charge on any atom is -0.399 e. The van der Waals surface area contributed by atoms with Crippen LogP contribution in [0.2, 0.25) is 0 Å². The molecule has 0 fully saturated rings. The molecule has 2 aromatic carbocycles. The van der Waals surface area contributed by atoms with Gasteiger partial charge in [-0.25, -0.2) is 0 Å². The number of nitrogen functional groups attached to an aromatic ring is 1. The summed E-state index contributed by atoms with van der Waals surface area (Å²) in [7, 11) is 0. The minimum atomic E-state index is -0.00752. The molecular formula is C14H11Br2NO. The summed E-state index contributed by atoms with van der Waals surface area (Å²) in [6, 6.07) is 10.8. The Balaban J connectivity index is 2.48. The van der Waals surface area contributed by atoms with Crippen molar-refractivity contribution in [1.82, 2.24) is 0 Å². The van der Waals surface area contributed by atoms with Gasteiger partial charge in [0.15, 0.2) is 5.78 Å². The predicted octanol–water partition coefficient (Wildman–Crippen LogP) is 4.33. The molecule has 0 aliphatic heterocycles. The molecule has 0 saturated carbocycles. The second kappa shape index (κ2) is 5.24. The average Bonchev–Trinajstić information content (AvgIpc) is 2.28. The lowest BCUT2D eigenvalue weighted by atomic mass is 9.99. The SMILES string of the molecule is Cc1cc(Br)ccc1C(=O)c1ccc(N)cc1Br. The van der Waals surface area contributed by atoms with E-state index in [0.29, 0.717) is 16.8 Å². The molecule has 0 aliphatic rings. The van der Waals surface area contributed by atoms with Crippen LogP contribution in [0.15, 0.2) is 45.3 Å². The number of anilines is 1. The smallest absolute Gasteiger partial charge is 0.194 e. The zero-order chi connectivity index (χ0) is 13.3. The monoisotopic (exact) mass is 367 g/mol. The fourth-order valence-electron chi connectivity index (χ4n) is 1.74. The third-order valence-electron chi connectivity index (χ3n) is 2.67. The maximum Gasteiger partial charge on any atom is 0.194 e. The molecule has 2 nitrogen and oxygen atoms in total. The summed E-state index contributed by atoms with van der Waals surface area (Å²) >= 11 is 6.76. The Kier molecular flexibility index (Phi) is 3.88. The molecule has 2 aromatic rings. The van der Waals surface area contributed by atoms with Crippen molar-refractivity contribution in [1.29, 1.82) is 0 Å². The molecule has 2 N–H and O–H groups in total. The molecule has 2 rings (SSSR count). The van der Waals surface area contributed by atoms with Gasteiger partial charge < -0.3 is 5.73 Å². The first-order chi connectivity index (χ1) is 8.49. The molecule has 92 valence electrons. The summed E-state index contributed by atoms with van der Waals surface area (Å²) in [6.07, 6.45) is 0. The van der Waals surface area contributed by atoms with Gasteiger partial charge in [0.2, 0.25) is 0 Å². The number of benzene rings is 2. The molecule has 0 saturated heterocycles. The molecule has 0 unspecified atom stereocenters. The molecule has 0 heterocycles. The first kappa shape index (κ1) is 13.3. The van der Waals surface area contributed by atoms with Gasteiger partial charge in [-0.3, -0.25) is 4.79 Å². The van der Waals surface area contributed by atoms with Crippen LogP contribution in [0, 0.1) is 6.92 Å². The normalized spacial score (nSPS) is 10.4. The lowest BCUT2D eigenvalue weighted by Crippen LogP contribution is -2.05. The van der Waals surface area contributed by atoms with E-state index in [1.165, 1.54) is 0 Å². The zero-order valence-electron chi connectivity index (χ0n) is 9.71. The van der Waals surface area contributed by atoms with Gasteiger partial charge in [0.05, 0.1) is 0 Å². The number of carbonyl (C=O) groups is 1. The number of carbonyl (C=O) groups excluding carboxylic acids is 1. The number of hydrogen-bond donors (Lipinski definition) is 1. The van der Waals surface area contributed by atoms with Crippen molar-refractivity contribution in [3.05, 3.63) is 62.0 Å². The number of aryl methyl sites for hydroxylation is 1. The van der Waals surface area contributed by atoms with Gasteiger partial charge in [-0.1, -0.05) is 15.9 Å². The maximum absolute atomic E-state index is 12.4. The number of hydrogen-bond acceptors (Lipinski definition) is 2. The van der Waals surface area contributed by atoms with E-state index in [-0.39, 0.29) is 5.78 Å². The summed E-state index contributed by atoms with van der Waals surface area (Å²) in [5.74, 6) is -0.00752. The predicted molar refractivity (Wildman–Crippen MR) is 80.9 cm³/mol. The van der Waals surface area contributed by atoms with Gasteiger partial charge in [0.1, 0.15) is 0 Å². The van der Waals surface area contributed by atoms with Crippen LogP contribution in [0.25, 0.3) is 0 Å². The van der Waals surface area contributed by atoms with Crippen LogP contribution in [0.5, 0.6) is 0 Å². The summed E-state index contributed by atoms with van der Waals surface area (Å²) in [4.78, 5) is 12.4. The molecule has 0 aromatic heterocycles. The van der Waals surface area contributed by atoms with Crippen molar-refractivity contribution in [3.63, 3.8) is 0 Å². The third-order valence-corrected chi connectivity index (χ3v) is 3.82. The van der Waals surface area contributed by atoms with E-state index >= 15 is 0 Å². The maximum atomic E-state index is 12.4. The van der Waals surface area contributed by atoms with Crippen molar-refractivity contribution >= 4 is 43.3 Å². The van der Waals surface area contributed by atoms with Gasteiger partial charge in [-0.15, -0.1) is 0 Å². The second-order valence-corrected chi connectivity index (χ2v) is 5.80. The second-order valence-electron chi connectivity index (χ2n) is 4.03. The lowest BCUT2D eigenvalue weighted by molar-refractivity contribution is 0.103. The van der Waals surface area contributed by atoms with Gasteiger partial charge >= 0.3 is 0 Å². The van der Waals surface area contributed by atoms with E-state index in [9.17, 15) is 4.79 Å². The molecule has 0 bridgehead atoms. The van der Waals surface area contributed by atoms with Crippen molar-refractivity contribution in [2.45, 2.75) is 6.92 Å². The number of ketones is 1. The van der Waals surface area contributed by atoms with Gasteiger partial charge in [0.25, 0.3) is 0 Å². The lowest BCUT2D eigenvalue weighted by Gasteiger charge is -2.08. The van der Waals surface area contributed by atoms with Crippen LogP contribution in [-0.4, -0.2) is 5.78 Å². The first-order valence-electron chi connectivity index (χ1n) is 5.35. The molecule has 18 heavy (non-hydrogen) atoms. The van der Waals surface area contributed by atoms with Crippen LogP contribution in [-0.2, 0) is 0 Å². The van der Waals surface area contributed by atoms with Crippen LogP contribution in [0.4, 0.5) is 5.69 Å². The van der Waals surface area contributed by atoms with Crippen molar-refractivity contribution < 1.29 is 4.79 Å². The highest BCUT2D eigenvalue weighted by Gasteiger charge is 2.14. The van der Waals surface area contributed by atoms with Crippen molar-refractivity contribution in [3.8, 4) is 0 Å². The van der Waals surface area contributed by atoms with E-state index < -0.39 is 0 Å². The van der Waals surface area contributed by atoms with Gasteiger partial charge in [0, 0.05) is 25.8 Å². The van der Waals surface area contributed by atoms with Crippen LogP contribution < -0.4 is 5.73 Å². The Hall–Kier alpha value is -1.13. The molecule has 0 amide bonds. The molecule has 0 aliphatic carbocycles. The highest BCUT2D eigenvalue weighted by Crippen LogP contribution is 2.25. The molecule has 0 radical (unpaired) electrons. The van der Waals surface area contributed by atoms with Crippen LogP contribution in [0.1, 0.15) is 21.5 Å². The first-order valence-corrected chi connectivity index (χ1v) is 6.93. The van der Waals surface area contributed by atoms with E-state index in [2.05, 4.69) is 31.9 Å². The molecule has 0 atom stereocenters. The summed E-state index contributed by atoms with van der Waals surface area (Å²) < 4.78 is 1.68. The Bertz CT molecular complexity index is 570. The van der Waals surface area contributed by atoms with Crippen molar-refractivity contribution in [2.24, 2.45) is 0 Å². The molecular weight excluding hydrogens is 358 g/mol. The van der Waals surface area contributed by atoms with Crippen LogP contribution in [0.3, 0.4) is 0 Å². The summed E-state index contributed by atoms with van der Waals surface area (Å²) in [6.45, 7) is 1.92. The van der Waals surface area contributed by atoms with Crippen molar-refractivity contribution in [2.75, 3.05) is 5.73 Å². The Morgan fingerprint density at radius 1 is 1.06 bits per heavy atom. The summed E-state index contributed by atoms with van der Waals surface area (Å²) in [5.41, 5.74) is 8.56.